The molecule has 10 heteroatoms. The van der Waals surface area contributed by atoms with E-state index in [1.165, 1.54) is 42.0 Å². The molecule has 0 aliphatic heterocycles. The third-order valence-electron chi connectivity index (χ3n) is 5.83. The number of nitrogens with zero attached hydrogens (tertiary/aromatic N) is 2. The van der Waals surface area contributed by atoms with E-state index in [2.05, 4.69) is 4.98 Å². The molecule has 0 spiro atoms. The van der Waals surface area contributed by atoms with Crippen LogP contribution >= 0.6 is 11.6 Å². The highest BCUT2D eigenvalue weighted by atomic mass is 35.5. The molecule has 2 aromatic heterocycles. The van der Waals surface area contributed by atoms with Crippen molar-refractivity contribution in [2.24, 2.45) is 0 Å². The van der Waals surface area contributed by atoms with Crippen molar-refractivity contribution in [1.82, 2.24) is 14.1 Å². The van der Waals surface area contributed by atoms with Gasteiger partial charge in [-0.25, -0.2) is 14.2 Å². The zero-order chi connectivity index (χ0) is 25.6. The van der Waals surface area contributed by atoms with Gasteiger partial charge in [-0.05, 0) is 54.1 Å². The lowest BCUT2D eigenvalue weighted by molar-refractivity contribution is 0.0697. The maximum Gasteiger partial charge on any atom is 0.335 e. The number of aromatic nitrogens is 3. The average molecular weight is 504 g/mol. The number of carboxylic acids is 1. The SMILES string of the molecule is COc1cccc(-c2ccc(-n3c(Cl)cc4[nH]c(=O)n(-c5ccc(C(=O)O)cc5)c(=O)c43)cc2)c1O. The molecule has 5 rings (SSSR count). The Morgan fingerprint density at radius 3 is 2.22 bits per heavy atom. The number of phenols is 1. The molecule has 0 saturated carbocycles. The summed E-state index contributed by atoms with van der Waals surface area (Å²) in [5, 5.41) is 19.8. The molecule has 0 saturated heterocycles. The number of nitrogens with one attached hydrogen (secondary N) is 1. The molecule has 5 aromatic rings. The fraction of sp³-hybridized carbons (Fsp3) is 0.0385. The highest BCUT2D eigenvalue weighted by molar-refractivity contribution is 6.31. The Hall–Kier alpha value is -4.76. The normalized spacial score (nSPS) is 11.1. The number of rotatable bonds is 5. The summed E-state index contributed by atoms with van der Waals surface area (Å²) in [4.78, 5) is 40.0. The van der Waals surface area contributed by atoms with Crippen molar-refractivity contribution in [3.63, 3.8) is 0 Å². The number of phenolic OH excluding ortho intramolecular Hbond substituents is 1. The molecule has 0 aliphatic carbocycles. The van der Waals surface area contributed by atoms with Gasteiger partial charge in [0.05, 0.1) is 23.9 Å². The van der Waals surface area contributed by atoms with E-state index in [9.17, 15) is 19.5 Å². The number of methoxy groups -OCH3 is 1. The predicted octanol–water partition coefficient (Wildman–Crippen LogP) is 4.20. The zero-order valence-corrected chi connectivity index (χ0v) is 19.5. The maximum absolute atomic E-state index is 13.5. The van der Waals surface area contributed by atoms with Crippen LogP contribution in [0, 0.1) is 0 Å². The van der Waals surface area contributed by atoms with Gasteiger partial charge in [-0.1, -0.05) is 35.9 Å². The van der Waals surface area contributed by atoms with E-state index in [0.29, 0.717) is 22.6 Å². The van der Waals surface area contributed by atoms with Gasteiger partial charge in [0.25, 0.3) is 5.56 Å². The van der Waals surface area contributed by atoms with Gasteiger partial charge in [-0.3, -0.25) is 9.36 Å². The van der Waals surface area contributed by atoms with Gasteiger partial charge in [0.1, 0.15) is 10.7 Å². The minimum absolute atomic E-state index is 0.00609. The number of aromatic hydroxyl groups is 1. The van der Waals surface area contributed by atoms with Crippen LogP contribution < -0.4 is 16.0 Å². The van der Waals surface area contributed by atoms with Crippen LogP contribution in [0.15, 0.2) is 82.4 Å². The zero-order valence-electron chi connectivity index (χ0n) is 18.7. The van der Waals surface area contributed by atoms with Crippen molar-refractivity contribution < 1.29 is 19.7 Å². The van der Waals surface area contributed by atoms with Crippen LogP contribution in [0.3, 0.4) is 0 Å². The third kappa shape index (κ3) is 3.71. The summed E-state index contributed by atoms with van der Waals surface area (Å²) in [5.74, 6) is -0.770. The Morgan fingerprint density at radius 1 is 0.944 bits per heavy atom. The molecule has 0 radical (unpaired) electrons. The first-order valence-corrected chi connectivity index (χ1v) is 11.0. The highest BCUT2D eigenvalue weighted by Gasteiger charge is 2.18. The average Bonchev–Trinajstić information content (AvgIpc) is 3.20. The Labute approximate surface area is 208 Å². The number of halogens is 1. The first-order chi connectivity index (χ1) is 17.3. The minimum Gasteiger partial charge on any atom is -0.504 e. The quantitative estimate of drug-likeness (QED) is 0.330. The Kier molecular flexibility index (Phi) is 5.62. The predicted molar refractivity (Wildman–Crippen MR) is 135 cm³/mol. The number of fused-ring (bicyclic) bond motifs is 1. The number of hydrogen-bond donors (Lipinski definition) is 3. The second kappa shape index (κ2) is 8.79. The summed E-state index contributed by atoms with van der Waals surface area (Å²) in [5.41, 5.74) is 1.15. The molecule has 0 aliphatic rings. The van der Waals surface area contributed by atoms with Crippen molar-refractivity contribution in [2.75, 3.05) is 7.11 Å². The number of carboxylic acid groups (broad SMARTS) is 1. The number of ether oxygens (including phenoxy) is 1. The van der Waals surface area contributed by atoms with Crippen LogP contribution in [-0.4, -0.2) is 37.4 Å². The summed E-state index contributed by atoms with van der Waals surface area (Å²) in [6.45, 7) is 0. The van der Waals surface area contributed by atoms with Crippen molar-refractivity contribution in [1.29, 1.82) is 0 Å². The number of para-hydroxylation sites is 1. The first kappa shape index (κ1) is 23.0. The van der Waals surface area contributed by atoms with Gasteiger partial charge in [0.2, 0.25) is 0 Å². The van der Waals surface area contributed by atoms with E-state index in [0.717, 1.165) is 4.57 Å². The van der Waals surface area contributed by atoms with Gasteiger partial charge in [0.15, 0.2) is 11.5 Å². The van der Waals surface area contributed by atoms with E-state index in [1.807, 2.05) is 0 Å². The molecule has 3 N–H and O–H groups in total. The molecule has 9 nitrogen and oxygen atoms in total. The summed E-state index contributed by atoms with van der Waals surface area (Å²) in [7, 11) is 1.47. The number of benzene rings is 3. The number of aromatic carboxylic acids is 1. The number of H-pyrrole nitrogens is 1. The first-order valence-electron chi connectivity index (χ1n) is 10.7. The van der Waals surface area contributed by atoms with Gasteiger partial charge < -0.3 is 19.9 Å². The number of carbonyl (C=O) groups is 1. The second-order valence-corrected chi connectivity index (χ2v) is 8.28. The van der Waals surface area contributed by atoms with E-state index in [1.54, 1.807) is 42.5 Å². The van der Waals surface area contributed by atoms with Gasteiger partial charge in [-0.2, -0.15) is 0 Å². The fourth-order valence-electron chi connectivity index (χ4n) is 4.10. The van der Waals surface area contributed by atoms with Crippen LogP contribution in [-0.2, 0) is 0 Å². The smallest absolute Gasteiger partial charge is 0.335 e. The van der Waals surface area contributed by atoms with Crippen LogP contribution in [0.4, 0.5) is 0 Å². The number of hydrogen-bond acceptors (Lipinski definition) is 5. The molecule has 0 fully saturated rings. The summed E-state index contributed by atoms with van der Waals surface area (Å²) < 4.78 is 7.60. The van der Waals surface area contributed by atoms with Crippen molar-refractivity contribution in [3.8, 4) is 34.0 Å². The molecular formula is C26H18ClN3O6. The lowest BCUT2D eigenvalue weighted by atomic mass is 10.0. The molecule has 0 atom stereocenters. The summed E-state index contributed by atoms with van der Waals surface area (Å²) >= 11 is 6.47. The van der Waals surface area contributed by atoms with E-state index >= 15 is 0 Å². The monoisotopic (exact) mass is 503 g/mol. The van der Waals surface area contributed by atoms with Gasteiger partial charge in [0, 0.05) is 11.3 Å². The van der Waals surface area contributed by atoms with Gasteiger partial charge >= 0.3 is 11.7 Å². The van der Waals surface area contributed by atoms with Crippen LogP contribution in [0.5, 0.6) is 11.5 Å². The summed E-state index contributed by atoms with van der Waals surface area (Å²) in [6, 6.07) is 19.0. The lowest BCUT2D eigenvalue weighted by Crippen LogP contribution is -2.34. The Bertz CT molecular complexity index is 1750. The van der Waals surface area contributed by atoms with E-state index < -0.39 is 17.2 Å². The van der Waals surface area contributed by atoms with Crippen LogP contribution in [0.25, 0.3) is 33.5 Å². The lowest BCUT2D eigenvalue weighted by Gasteiger charge is -2.12. The van der Waals surface area contributed by atoms with Gasteiger partial charge in [-0.15, -0.1) is 0 Å². The second-order valence-electron chi connectivity index (χ2n) is 7.89. The Balaban J connectivity index is 1.65. The molecular weight excluding hydrogens is 486 g/mol. The van der Waals surface area contributed by atoms with E-state index in [-0.39, 0.29) is 33.2 Å². The molecule has 0 unspecified atom stereocenters. The third-order valence-corrected chi connectivity index (χ3v) is 6.11. The molecule has 2 heterocycles. The molecule has 36 heavy (non-hydrogen) atoms. The molecule has 0 amide bonds. The number of aromatic amines is 1. The minimum atomic E-state index is -1.12. The van der Waals surface area contributed by atoms with Crippen molar-refractivity contribution in [2.45, 2.75) is 0 Å². The fourth-order valence-corrected chi connectivity index (χ4v) is 4.40. The topological polar surface area (TPSA) is 127 Å². The standard InChI is InChI=1S/C26H18ClN3O6/c1-36-20-4-2-3-18(23(20)31)14-5-9-16(10-6-14)29-21(27)13-19-22(29)24(32)30(26(35)28-19)17-11-7-15(8-12-17)25(33)34/h2-13,31H,1H3,(H,28,35)(H,33,34). The molecule has 0 bridgehead atoms. The molecule has 3 aromatic carbocycles. The van der Waals surface area contributed by atoms with Crippen molar-refractivity contribution in [3.05, 3.63) is 104 Å². The Morgan fingerprint density at radius 2 is 1.58 bits per heavy atom. The highest BCUT2D eigenvalue weighted by Crippen LogP contribution is 2.37. The van der Waals surface area contributed by atoms with E-state index in [4.69, 9.17) is 21.4 Å². The maximum atomic E-state index is 13.5. The van der Waals surface area contributed by atoms with Crippen molar-refractivity contribution >= 4 is 28.6 Å². The molecule has 180 valence electrons. The largest absolute Gasteiger partial charge is 0.504 e. The van der Waals surface area contributed by atoms with Crippen LogP contribution in [0.2, 0.25) is 5.15 Å². The summed E-state index contributed by atoms with van der Waals surface area (Å²) in [6.07, 6.45) is 0. The van der Waals surface area contributed by atoms with Crippen LogP contribution in [0.1, 0.15) is 10.4 Å².